The molecule has 2 aliphatic rings. The summed E-state index contributed by atoms with van der Waals surface area (Å²) in [5.74, 6) is 1.04. The van der Waals surface area contributed by atoms with Crippen LogP contribution in [0.15, 0.2) is 14.9 Å². The molecule has 2 aromatic rings. The monoisotopic (exact) mass is 390 g/mol. The molecular formula is C20H26N2O2S2. The molecule has 4 rings (SSSR count). The first-order chi connectivity index (χ1) is 12.4. The average Bonchev–Trinajstić information content (AvgIpc) is 3.26. The average molecular weight is 391 g/mol. The van der Waals surface area contributed by atoms with E-state index in [1.54, 1.807) is 23.1 Å². The van der Waals surface area contributed by atoms with Gasteiger partial charge in [0.05, 0.1) is 15.3 Å². The Bertz CT molecular complexity index is 831. The quantitative estimate of drug-likeness (QED) is 0.662. The Labute approximate surface area is 163 Å². The van der Waals surface area contributed by atoms with Gasteiger partial charge in [0.25, 0.3) is 5.91 Å². The lowest BCUT2D eigenvalue weighted by Gasteiger charge is -2.32. The maximum absolute atomic E-state index is 13.4. The zero-order valence-corrected chi connectivity index (χ0v) is 17.6. The summed E-state index contributed by atoms with van der Waals surface area (Å²) in [6.07, 6.45) is 10.8. The number of aromatic nitrogens is 1. The van der Waals surface area contributed by atoms with E-state index < -0.39 is 0 Å². The van der Waals surface area contributed by atoms with E-state index in [-0.39, 0.29) is 11.3 Å². The molecule has 1 fully saturated rings. The number of thiophene rings is 1. The Morgan fingerprint density at radius 1 is 1.35 bits per heavy atom. The summed E-state index contributed by atoms with van der Waals surface area (Å²) >= 11 is 3.32. The molecule has 0 radical (unpaired) electrons. The Morgan fingerprint density at radius 3 is 2.77 bits per heavy atom. The Hall–Kier alpha value is -1.27. The van der Waals surface area contributed by atoms with E-state index in [0.717, 1.165) is 50.8 Å². The number of hydrogen-bond acceptors (Lipinski definition) is 5. The molecule has 2 aliphatic carbocycles. The van der Waals surface area contributed by atoms with E-state index in [4.69, 9.17) is 4.52 Å². The van der Waals surface area contributed by atoms with Crippen molar-refractivity contribution >= 4 is 29.0 Å². The van der Waals surface area contributed by atoms with Gasteiger partial charge >= 0.3 is 0 Å². The zero-order valence-electron chi connectivity index (χ0n) is 15.9. The molecule has 6 heteroatoms. The van der Waals surface area contributed by atoms with E-state index in [1.807, 2.05) is 18.1 Å². The van der Waals surface area contributed by atoms with Gasteiger partial charge < -0.3 is 9.42 Å². The molecule has 2 heterocycles. The lowest BCUT2D eigenvalue weighted by atomic mass is 9.73. The summed E-state index contributed by atoms with van der Waals surface area (Å²) < 4.78 is 6.81. The van der Waals surface area contributed by atoms with Crippen molar-refractivity contribution in [2.45, 2.75) is 68.0 Å². The number of thioether (sulfide) groups is 1. The summed E-state index contributed by atoms with van der Waals surface area (Å²) in [4.78, 5) is 16.3. The number of nitrogens with zero attached hydrogens (tertiary/aromatic N) is 2. The van der Waals surface area contributed by atoms with Crippen LogP contribution >= 0.6 is 23.1 Å². The predicted molar refractivity (Wildman–Crippen MR) is 107 cm³/mol. The summed E-state index contributed by atoms with van der Waals surface area (Å²) in [5, 5.41) is 4.06. The fraction of sp³-hybridized carbons (Fsp3) is 0.600. The van der Waals surface area contributed by atoms with Crippen molar-refractivity contribution in [1.29, 1.82) is 0 Å². The molecule has 0 atom stereocenters. The van der Waals surface area contributed by atoms with E-state index in [9.17, 15) is 4.79 Å². The van der Waals surface area contributed by atoms with E-state index >= 15 is 0 Å². The molecular weight excluding hydrogens is 364 g/mol. The standard InChI is InChI=1S/C20H26N2O2S2/c1-20(2)10-13-15(16-14(20)11-21-24-16)19(25-4)26-17(13)18(23)22(3)12-8-6-5-7-9-12/h11-12H,5-10H2,1-4H3. The summed E-state index contributed by atoms with van der Waals surface area (Å²) in [6, 6.07) is 0.379. The predicted octanol–water partition coefficient (Wildman–Crippen LogP) is 5.36. The second kappa shape index (κ2) is 6.71. The van der Waals surface area contributed by atoms with Gasteiger partial charge in [-0.3, -0.25) is 4.79 Å². The van der Waals surface area contributed by atoms with Crippen LogP contribution in [0.4, 0.5) is 0 Å². The number of hydrogen-bond donors (Lipinski definition) is 0. The Balaban J connectivity index is 1.77. The van der Waals surface area contributed by atoms with Gasteiger partial charge in [-0.2, -0.15) is 0 Å². The molecule has 0 N–H and O–H groups in total. The van der Waals surface area contributed by atoms with Gasteiger partial charge in [0, 0.05) is 24.2 Å². The lowest BCUT2D eigenvalue weighted by Crippen LogP contribution is -2.38. The second-order valence-electron chi connectivity index (χ2n) is 8.11. The van der Waals surface area contributed by atoms with Crippen molar-refractivity contribution in [3.63, 3.8) is 0 Å². The molecule has 4 nitrogen and oxygen atoms in total. The maximum Gasteiger partial charge on any atom is 0.264 e. The minimum Gasteiger partial charge on any atom is -0.356 e. The van der Waals surface area contributed by atoms with Crippen molar-refractivity contribution in [2.75, 3.05) is 13.3 Å². The molecule has 1 saturated carbocycles. The maximum atomic E-state index is 13.4. The molecule has 1 amide bonds. The van der Waals surface area contributed by atoms with Crippen LogP contribution in [-0.2, 0) is 11.8 Å². The first-order valence-electron chi connectivity index (χ1n) is 9.36. The van der Waals surface area contributed by atoms with E-state index in [2.05, 4.69) is 25.3 Å². The first kappa shape index (κ1) is 18.1. The summed E-state index contributed by atoms with van der Waals surface area (Å²) in [7, 11) is 1.98. The third kappa shape index (κ3) is 2.82. The van der Waals surface area contributed by atoms with Gasteiger partial charge in [-0.1, -0.05) is 38.3 Å². The van der Waals surface area contributed by atoms with Gasteiger partial charge in [-0.15, -0.1) is 23.1 Å². The van der Waals surface area contributed by atoms with Crippen LogP contribution in [0.5, 0.6) is 0 Å². The van der Waals surface area contributed by atoms with Gasteiger partial charge in [0.15, 0.2) is 5.76 Å². The number of carbonyl (C=O) groups excluding carboxylic acids is 1. The van der Waals surface area contributed by atoms with Gasteiger partial charge in [0.2, 0.25) is 0 Å². The van der Waals surface area contributed by atoms with Crippen molar-refractivity contribution in [2.24, 2.45) is 0 Å². The molecule has 0 spiro atoms. The van der Waals surface area contributed by atoms with Crippen molar-refractivity contribution in [3.8, 4) is 11.3 Å². The third-order valence-electron chi connectivity index (χ3n) is 5.94. The van der Waals surface area contributed by atoms with Crippen molar-refractivity contribution < 1.29 is 9.32 Å². The van der Waals surface area contributed by atoms with Crippen LogP contribution in [0.25, 0.3) is 11.3 Å². The highest BCUT2D eigenvalue weighted by Gasteiger charge is 2.40. The van der Waals surface area contributed by atoms with Crippen LogP contribution in [0.1, 0.15) is 66.8 Å². The van der Waals surface area contributed by atoms with Gasteiger partial charge in [-0.25, -0.2) is 0 Å². The van der Waals surface area contributed by atoms with Crippen molar-refractivity contribution in [3.05, 3.63) is 22.2 Å². The molecule has 2 aromatic heterocycles. The number of rotatable bonds is 3. The SMILES string of the molecule is CSc1sc(C(=O)N(C)C2CCCCC2)c2c1-c1oncc1C(C)(C)C2. The first-order valence-corrected chi connectivity index (χ1v) is 11.4. The van der Waals surface area contributed by atoms with Crippen LogP contribution < -0.4 is 0 Å². The van der Waals surface area contributed by atoms with Crippen LogP contribution in [0, 0.1) is 0 Å². The smallest absolute Gasteiger partial charge is 0.264 e. The summed E-state index contributed by atoms with van der Waals surface area (Å²) in [6.45, 7) is 4.42. The van der Waals surface area contributed by atoms with E-state index in [0.29, 0.717) is 6.04 Å². The number of amides is 1. The second-order valence-corrected chi connectivity index (χ2v) is 10.2. The Kier molecular flexibility index (Phi) is 4.68. The van der Waals surface area contributed by atoms with Gasteiger partial charge in [0.1, 0.15) is 0 Å². The lowest BCUT2D eigenvalue weighted by molar-refractivity contribution is 0.0700. The zero-order chi connectivity index (χ0) is 18.5. The number of fused-ring (bicyclic) bond motifs is 3. The molecule has 140 valence electrons. The van der Waals surface area contributed by atoms with Crippen LogP contribution in [-0.4, -0.2) is 35.3 Å². The Morgan fingerprint density at radius 2 is 2.08 bits per heavy atom. The molecule has 0 unspecified atom stereocenters. The summed E-state index contributed by atoms with van der Waals surface area (Å²) in [5.41, 5.74) is 3.34. The minimum atomic E-state index is -0.0719. The van der Waals surface area contributed by atoms with Crippen molar-refractivity contribution in [1.82, 2.24) is 10.1 Å². The molecule has 0 aromatic carbocycles. The molecule has 26 heavy (non-hydrogen) atoms. The topological polar surface area (TPSA) is 46.3 Å². The fourth-order valence-corrected chi connectivity index (χ4v) is 6.43. The van der Waals surface area contributed by atoms with Gasteiger partial charge in [-0.05, 0) is 36.5 Å². The fourth-order valence-electron chi connectivity index (χ4n) is 4.39. The normalized spacial score (nSPS) is 19.1. The number of carbonyl (C=O) groups is 1. The highest BCUT2D eigenvalue weighted by atomic mass is 32.2. The molecule has 0 saturated heterocycles. The largest absolute Gasteiger partial charge is 0.356 e. The highest BCUT2D eigenvalue weighted by molar-refractivity contribution is 8.00. The molecule has 0 bridgehead atoms. The minimum absolute atomic E-state index is 0.0719. The van der Waals surface area contributed by atoms with E-state index in [1.165, 1.54) is 19.3 Å². The van der Waals surface area contributed by atoms with Crippen LogP contribution in [0.2, 0.25) is 0 Å². The highest BCUT2D eigenvalue weighted by Crippen LogP contribution is 2.51. The molecule has 0 aliphatic heterocycles. The van der Waals surface area contributed by atoms with Crippen LogP contribution in [0.3, 0.4) is 0 Å². The third-order valence-corrected chi connectivity index (χ3v) is 8.28.